The smallest absolute Gasteiger partial charge is 0.215 e. The first kappa shape index (κ1) is 12.2. The Labute approximate surface area is 122 Å². The van der Waals surface area contributed by atoms with Gasteiger partial charge in [0.1, 0.15) is 5.82 Å². The van der Waals surface area contributed by atoms with E-state index in [0.717, 1.165) is 29.9 Å². The molecule has 4 rings (SSSR count). The molecule has 3 aromatic rings. The number of nitrogens with one attached hydrogen (secondary N) is 1. The number of anilines is 1. The van der Waals surface area contributed by atoms with Crippen molar-refractivity contribution < 1.29 is 4.74 Å². The summed E-state index contributed by atoms with van der Waals surface area (Å²) in [6.07, 6.45) is 2.18. The zero-order chi connectivity index (χ0) is 14.4. The fraction of sp³-hybridized carbons (Fsp3) is 0.250. The van der Waals surface area contributed by atoms with Gasteiger partial charge in [0.2, 0.25) is 5.88 Å². The number of pyridine rings is 1. The Morgan fingerprint density at radius 3 is 2.52 bits per heavy atom. The third-order valence-electron chi connectivity index (χ3n) is 4.20. The van der Waals surface area contributed by atoms with Crippen LogP contribution in [0.15, 0.2) is 36.4 Å². The number of methoxy groups -OCH3 is 1. The second-order valence-corrected chi connectivity index (χ2v) is 5.51. The standard InChI is InChI=1S/C16H16N4O/c1-21-13-7-6-12-14(19-13)20-15(18-12)16(8-9-16)10-2-4-11(17)5-3-10/h2-7H,8-9,17H2,1H3,(H,18,19,20). The van der Waals surface area contributed by atoms with Gasteiger partial charge in [0.25, 0.3) is 0 Å². The number of fused-ring (bicyclic) bond motifs is 1. The van der Waals surface area contributed by atoms with E-state index in [1.54, 1.807) is 7.11 Å². The third-order valence-corrected chi connectivity index (χ3v) is 4.20. The summed E-state index contributed by atoms with van der Waals surface area (Å²) in [5.74, 6) is 1.56. The number of benzene rings is 1. The maximum absolute atomic E-state index is 5.77. The van der Waals surface area contributed by atoms with Crippen LogP contribution in [0.2, 0.25) is 0 Å². The largest absolute Gasteiger partial charge is 0.481 e. The summed E-state index contributed by atoms with van der Waals surface area (Å²) in [6, 6.07) is 11.9. The molecule has 2 heterocycles. The van der Waals surface area contributed by atoms with Gasteiger partial charge < -0.3 is 15.5 Å². The summed E-state index contributed by atoms with van der Waals surface area (Å²) in [5, 5.41) is 0. The van der Waals surface area contributed by atoms with Gasteiger partial charge in [-0.2, -0.15) is 4.98 Å². The average molecular weight is 280 g/mol. The first-order valence-electron chi connectivity index (χ1n) is 6.98. The van der Waals surface area contributed by atoms with Crippen LogP contribution in [0.5, 0.6) is 5.88 Å². The highest BCUT2D eigenvalue weighted by atomic mass is 16.5. The maximum Gasteiger partial charge on any atom is 0.215 e. The van der Waals surface area contributed by atoms with E-state index in [9.17, 15) is 0 Å². The van der Waals surface area contributed by atoms with Crippen molar-refractivity contribution in [2.45, 2.75) is 18.3 Å². The Kier molecular flexibility index (Phi) is 2.45. The summed E-state index contributed by atoms with van der Waals surface area (Å²) < 4.78 is 5.15. The van der Waals surface area contributed by atoms with Gasteiger partial charge in [0, 0.05) is 11.8 Å². The van der Waals surface area contributed by atoms with Crippen molar-refractivity contribution in [1.82, 2.24) is 15.0 Å². The molecule has 1 saturated carbocycles. The number of aromatic amines is 1. The summed E-state index contributed by atoms with van der Waals surface area (Å²) >= 11 is 0. The van der Waals surface area contributed by atoms with Gasteiger partial charge >= 0.3 is 0 Å². The number of aromatic nitrogens is 3. The van der Waals surface area contributed by atoms with Crippen molar-refractivity contribution in [3.05, 3.63) is 47.8 Å². The Morgan fingerprint density at radius 1 is 1.10 bits per heavy atom. The second kappa shape index (κ2) is 4.22. The van der Waals surface area contributed by atoms with Gasteiger partial charge in [-0.25, -0.2) is 4.98 Å². The number of hydrogen-bond acceptors (Lipinski definition) is 4. The molecule has 0 atom stereocenters. The zero-order valence-electron chi connectivity index (χ0n) is 11.8. The lowest BCUT2D eigenvalue weighted by Crippen LogP contribution is -2.10. The van der Waals surface area contributed by atoms with Crippen LogP contribution in [0.1, 0.15) is 24.2 Å². The molecule has 21 heavy (non-hydrogen) atoms. The SMILES string of the molecule is COc1ccc2[nH]c(C3(c4ccc(N)cc4)CC3)nc2n1. The van der Waals surface area contributed by atoms with Gasteiger partial charge in [-0.3, -0.25) is 0 Å². The zero-order valence-corrected chi connectivity index (χ0v) is 11.8. The van der Waals surface area contributed by atoms with Crippen LogP contribution in [-0.2, 0) is 5.41 Å². The molecular weight excluding hydrogens is 264 g/mol. The van der Waals surface area contributed by atoms with E-state index < -0.39 is 0 Å². The Hall–Kier alpha value is -2.56. The molecule has 1 aliphatic rings. The normalized spacial score (nSPS) is 16.0. The van der Waals surface area contributed by atoms with Crippen molar-refractivity contribution >= 4 is 16.9 Å². The quantitative estimate of drug-likeness (QED) is 0.723. The minimum Gasteiger partial charge on any atom is -0.481 e. The van der Waals surface area contributed by atoms with Crippen LogP contribution in [0.25, 0.3) is 11.2 Å². The lowest BCUT2D eigenvalue weighted by molar-refractivity contribution is 0.399. The molecule has 0 radical (unpaired) electrons. The molecule has 3 N–H and O–H groups in total. The number of ether oxygens (including phenoxy) is 1. The molecule has 106 valence electrons. The van der Waals surface area contributed by atoms with Crippen molar-refractivity contribution in [2.75, 3.05) is 12.8 Å². The third kappa shape index (κ3) is 1.85. The Morgan fingerprint density at radius 2 is 1.86 bits per heavy atom. The molecule has 0 unspecified atom stereocenters. The first-order chi connectivity index (χ1) is 10.2. The molecule has 2 aromatic heterocycles. The van der Waals surface area contributed by atoms with Crippen LogP contribution in [-0.4, -0.2) is 22.1 Å². The van der Waals surface area contributed by atoms with E-state index >= 15 is 0 Å². The molecule has 1 aromatic carbocycles. The monoisotopic (exact) mass is 280 g/mol. The molecule has 0 amide bonds. The number of rotatable bonds is 3. The summed E-state index contributed by atoms with van der Waals surface area (Å²) in [7, 11) is 1.61. The minimum atomic E-state index is -0.0123. The van der Waals surface area contributed by atoms with Crippen molar-refractivity contribution in [3.63, 3.8) is 0 Å². The van der Waals surface area contributed by atoms with E-state index in [2.05, 4.69) is 27.1 Å². The molecule has 1 aliphatic carbocycles. The summed E-state index contributed by atoms with van der Waals surface area (Å²) in [5.41, 5.74) is 9.44. The number of H-pyrrole nitrogens is 1. The first-order valence-corrected chi connectivity index (χ1v) is 6.98. The highest BCUT2D eigenvalue weighted by Gasteiger charge is 2.48. The molecule has 5 heteroatoms. The maximum atomic E-state index is 5.77. The van der Waals surface area contributed by atoms with Crippen molar-refractivity contribution in [1.29, 1.82) is 0 Å². The van der Waals surface area contributed by atoms with Gasteiger partial charge in [-0.1, -0.05) is 12.1 Å². The number of nitrogen functional groups attached to an aromatic ring is 1. The lowest BCUT2D eigenvalue weighted by atomic mass is 9.95. The average Bonchev–Trinajstić information content (AvgIpc) is 3.20. The number of imidazole rings is 1. The van der Waals surface area contributed by atoms with Crippen LogP contribution >= 0.6 is 0 Å². The summed E-state index contributed by atoms with van der Waals surface area (Å²) in [6.45, 7) is 0. The predicted molar refractivity (Wildman–Crippen MR) is 81.3 cm³/mol. The van der Waals surface area contributed by atoms with Crippen LogP contribution in [0.3, 0.4) is 0 Å². The van der Waals surface area contributed by atoms with Crippen LogP contribution < -0.4 is 10.5 Å². The molecule has 0 spiro atoms. The van der Waals surface area contributed by atoms with Gasteiger partial charge in [-0.15, -0.1) is 0 Å². The van der Waals surface area contributed by atoms with Crippen LogP contribution in [0.4, 0.5) is 5.69 Å². The predicted octanol–water partition coefficient (Wildman–Crippen LogP) is 2.63. The fourth-order valence-corrected chi connectivity index (χ4v) is 2.80. The number of nitrogens with zero attached hydrogens (tertiary/aromatic N) is 2. The molecule has 0 bridgehead atoms. The fourth-order valence-electron chi connectivity index (χ4n) is 2.80. The van der Waals surface area contributed by atoms with Crippen molar-refractivity contribution in [2.24, 2.45) is 0 Å². The van der Waals surface area contributed by atoms with Gasteiger partial charge in [0.05, 0.1) is 18.0 Å². The molecule has 5 nitrogen and oxygen atoms in total. The highest BCUT2D eigenvalue weighted by Crippen LogP contribution is 2.52. The topological polar surface area (TPSA) is 76.8 Å². The van der Waals surface area contributed by atoms with E-state index in [1.165, 1.54) is 5.56 Å². The van der Waals surface area contributed by atoms with E-state index in [1.807, 2.05) is 24.3 Å². The van der Waals surface area contributed by atoms with E-state index in [4.69, 9.17) is 10.5 Å². The molecular formula is C16H16N4O. The van der Waals surface area contributed by atoms with E-state index in [-0.39, 0.29) is 5.41 Å². The Balaban J connectivity index is 1.80. The molecule has 0 saturated heterocycles. The lowest BCUT2D eigenvalue weighted by Gasteiger charge is -2.12. The number of nitrogens with two attached hydrogens (primary N) is 1. The van der Waals surface area contributed by atoms with Gasteiger partial charge in [-0.05, 0) is 36.6 Å². The summed E-state index contributed by atoms with van der Waals surface area (Å²) in [4.78, 5) is 12.5. The molecule has 0 aliphatic heterocycles. The van der Waals surface area contributed by atoms with Gasteiger partial charge in [0.15, 0.2) is 5.65 Å². The molecule has 1 fully saturated rings. The minimum absolute atomic E-state index is 0.0123. The van der Waals surface area contributed by atoms with Crippen LogP contribution in [0, 0.1) is 0 Å². The van der Waals surface area contributed by atoms with Crippen molar-refractivity contribution in [3.8, 4) is 5.88 Å². The Bertz CT molecular complexity index is 803. The van der Waals surface area contributed by atoms with E-state index in [0.29, 0.717) is 11.5 Å². The number of hydrogen-bond donors (Lipinski definition) is 2. The highest BCUT2D eigenvalue weighted by molar-refractivity contribution is 5.72. The second-order valence-electron chi connectivity index (χ2n) is 5.51.